The van der Waals surface area contributed by atoms with Gasteiger partial charge < -0.3 is 10.3 Å². The zero-order valence-corrected chi connectivity index (χ0v) is 17.6. The van der Waals surface area contributed by atoms with Gasteiger partial charge in [0.25, 0.3) is 5.91 Å². The van der Waals surface area contributed by atoms with Crippen LogP contribution in [0.25, 0.3) is 44.7 Å². The molecule has 0 aliphatic rings. The van der Waals surface area contributed by atoms with E-state index >= 15 is 4.39 Å². The summed E-state index contributed by atoms with van der Waals surface area (Å²) in [6.07, 6.45) is 4.72. The molecule has 4 heterocycles. The minimum Gasteiger partial charge on any atom is -0.321 e. The molecule has 9 heteroatoms. The maximum Gasteiger partial charge on any atom is 0.255 e. The Balaban J connectivity index is 1.40. The Bertz CT molecular complexity index is 1640. The van der Waals surface area contributed by atoms with Gasteiger partial charge in [0.1, 0.15) is 17.0 Å². The second-order valence-electron chi connectivity index (χ2n) is 7.66. The number of hydrogen-bond acceptors (Lipinski definition) is 5. The van der Waals surface area contributed by atoms with Gasteiger partial charge in [-0.05, 0) is 42.5 Å². The fraction of sp³-hybridized carbons (Fsp3) is 0. The van der Waals surface area contributed by atoms with Crippen LogP contribution in [0.3, 0.4) is 0 Å². The minimum absolute atomic E-state index is 0.272. The summed E-state index contributed by atoms with van der Waals surface area (Å²) in [6, 6.07) is 17.5. The Labute approximate surface area is 191 Å². The first kappa shape index (κ1) is 19.7. The van der Waals surface area contributed by atoms with E-state index in [1.807, 2.05) is 12.1 Å². The number of hydrogen-bond donors (Lipinski definition) is 3. The first-order valence-electron chi connectivity index (χ1n) is 10.5. The van der Waals surface area contributed by atoms with Crippen molar-refractivity contribution in [3.63, 3.8) is 0 Å². The minimum atomic E-state index is -0.469. The molecule has 1 amide bonds. The molecule has 0 spiro atoms. The number of nitrogens with zero attached hydrogens (tertiary/aromatic N) is 4. The van der Waals surface area contributed by atoms with E-state index in [9.17, 15) is 4.79 Å². The molecule has 0 atom stereocenters. The standard InChI is InChI=1S/C25H16FN7O/c26-21-17(15-11-16(13-27-12-15)29-25(34)14-5-2-1-3-6-14)8-9-18-20(21)22(33-32-18)24-30-19-7-4-10-28-23(19)31-24/h1-13H,(H,29,34)(H,32,33)(H,28,30,31). The van der Waals surface area contributed by atoms with E-state index in [1.54, 1.807) is 60.9 Å². The molecule has 164 valence electrons. The van der Waals surface area contributed by atoms with Crippen LogP contribution >= 0.6 is 0 Å². The number of rotatable bonds is 4. The lowest BCUT2D eigenvalue weighted by Crippen LogP contribution is -2.11. The number of aromatic amines is 2. The number of nitrogens with one attached hydrogen (secondary N) is 3. The molecular formula is C25H16FN7O. The Kier molecular flexibility index (Phi) is 4.58. The SMILES string of the molecule is O=C(Nc1cncc(-c2ccc3[nH]nc(-c4nc5cccnc5[nH]4)c3c2F)c1)c1ccccc1. The van der Waals surface area contributed by atoms with Crippen molar-refractivity contribution < 1.29 is 9.18 Å². The second kappa shape index (κ2) is 7.89. The number of halogens is 1. The van der Waals surface area contributed by atoms with Crippen molar-refractivity contribution in [2.45, 2.75) is 0 Å². The molecule has 6 aromatic rings. The summed E-state index contributed by atoms with van der Waals surface area (Å²) in [5.41, 5.74) is 3.97. The van der Waals surface area contributed by atoms with Crippen LogP contribution in [0, 0.1) is 5.82 Å². The highest BCUT2D eigenvalue weighted by molar-refractivity contribution is 6.04. The lowest BCUT2D eigenvalue weighted by atomic mass is 10.0. The Morgan fingerprint density at radius 2 is 1.88 bits per heavy atom. The van der Waals surface area contributed by atoms with Gasteiger partial charge in [0.15, 0.2) is 11.5 Å². The van der Waals surface area contributed by atoms with Crippen molar-refractivity contribution in [2.24, 2.45) is 0 Å². The monoisotopic (exact) mass is 449 g/mol. The van der Waals surface area contributed by atoms with Gasteiger partial charge in [-0.15, -0.1) is 0 Å². The normalized spacial score (nSPS) is 11.2. The molecule has 0 radical (unpaired) electrons. The van der Waals surface area contributed by atoms with Crippen molar-refractivity contribution in [3.05, 3.63) is 90.6 Å². The number of amides is 1. The molecule has 0 saturated carbocycles. The van der Waals surface area contributed by atoms with Crippen molar-refractivity contribution in [1.29, 1.82) is 0 Å². The number of pyridine rings is 2. The average Bonchev–Trinajstić information content (AvgIpc) is 3.49. The van der Waals surface area contributed by atoms with Crippen LogP contribution in [0.2, 0.25) is 0 Å². The van der Waals surface area contributed by atoms with Crippen LogP contribution in [-0.2, 0) is 0 Å². The van der Waals surface area contributed by atoms with Gasteiger partial charge in [-0.3, -0.25) is 14.9 Å². The molecule has 0 aliphatic carbocycles. The molecule has 0 bridgehead atoms. The first-order chi connectivity index (χ1) is 16.7. The summed E-state index contributed by atoms with van der Waals surface area (Å²) < 4.78 is 15.8. The topological polar surface area (TPSA) is 112 Å². The highest BCUT2D eigenvalue weighted by atomic mass is 19.1. The predicted octanol–water partition coefficient (Wildman–Crippen LogP) is 4.95. The van der Waals surface area contributed by atoms with Crippen LogP contribution in [0.1, 0.15) is 10.4 Å². The Hall–Kier alpha value is -4.92. The van der Waals surface area contributed by atoms with Gasteiger partial charge >= 0.3 is 0 Å². The molecule has 6 rings (SSSR count). The highest BCUT2D eigenvalue weighted by Crippen LogP contribution is 2.34. The molecule has 0 saturated heterocycles. The predicted molar refractivity (Wildman–Crippen MR) is 127 cm³/mol. The number of benzene rings is 2. The molecule has 4 aromatic heterocycles. The van der Waals surface area contributed by atoms with Crippen LogP contribution in [0.15, 0.2) is 79.3 Å². The van der Waals surface area contributed by atoms with E-state index in [-0.39, 0.29) is 5.91 Å². The molecule has 34 heavy (non-hydrogen) atoms. The van der Waals surface area contributed by atoms with Gasteiger partial charge in [-0.2, -0.15) is 5.10 Å². The molecule has 3 N–H and O–H groups in total. The maximum atomic E-state index is 15.8. The Morgan fingerprint density at radius 3 is 2.74 bits per heavy atom. The van der Waals surface area contributed by atoms with Crippen molar-refractivity contribution in [1.82, 2.24) is 30.1 Å². The number of carbonyl (C=O) groups excluding carboxylic acids is 1. The van der Waals surface area contributed by atoms with E-state index < -0.39 is 5.82 Å². The van der Waals surface area contributed by atoms with Crippen LogP contribution in [-0.4, -0.2) is 36.0 Å². The van der Waals surface area contributed by atoms with Crippen LogP contribution in [0.4, 0.5) is 10.1 Å². The van der Waals surface area contributed by atoms with Gasteiger partial charge in [0.2, 0.25) is 0 Å². The summed E-state index contributed by atoms with van der Waals surface area (Å²) in [5, 5.41) is 10.3. The van der Waals surface area contributed by atoms with Crippen molar-refractivity contribution in [3.8, 4) is 22.6 Å². The van der Waals surface area contributed by atoms with E-state index in [0.717, 1.165) is 0 Å². The van der Waals surface area contributed by atoms with Crippen molar-refractivity contribution in [2.75, 3.05) is 5.32 Å². The third-order valence-corrected chi connectivity index (χ3v) is 5.49. The zero-order valence-electron chi connectivity index (χ0n) is 17.6. The van der Waals surface area contributed by atoms with Gasteiger partial charge in [-0.1, -0.05) is 18.2 Å². The van der Waals surface area contributed by atoms with Crippen LogP contribution < -0.4 is 5.32 Å². The van der Waals surface area contributed by atoms with E-state index in [4.69, 9.17) is 0 Å². The number of anilines is 1. The number of H-pyrrole nitrogens is 2. The molecule has 0 aliphatic heterocycles. The lowest BCUT2D eigenvalue weighted by Gasteiger charge is -2.09. The zero-order chi connectivity index (χ0) is 23.1. The lowest BCUT2D eigenvalue weighted by molar-refractivity contribution is 0.102. The summed E-state index contributed by atoms with van der Waals surface area (Å²) in [4.78, 5) is 28.5. The van der Waals surface area contributed by atoms with Gasteiger partial charge in [-0.25, -0.2) is 14.4 Å². The van der Waals surface area contributed by atoms with E-state index in [0.29, 0.717) is 56.0 Å². The molecule has 2 aromatic carbocycles. The summed E-state index contributed by atoms with van der Waals surface area (Å²) in [7, 11) is 0. The first-order valence-corrected chi connectivity index (χ1v) is 10.5. The number of fused-ring (bicyclic) bond motifs is 2. The van der Waals surface area contributed by atoms with Crippen molar-refractivity contribution >= 4 is 33.7 Å². The fourth-order valence-electron chi connectivity index (χ4n) is 3.87. The van der Waals surface area contributed by atoms with Crippen LogP contribution in [0.5, 0.6) is 0 Å². The molecule has 8 nitrogen and oxygen atoms in total. The quantitative estimate of drug-likeness (QED) is 0.352. The molecule has 0 fully saturated rings. The third-order valence-electron chi connectivity index (χ3n) is 5.49. The number of aromatic nitrogens is 6. The second-order valence-corrected chi connectivity index (χ2v) is 7.66. The smallest absolute Gasteiger partial charge is 0.255 e. The summed E-state index contributed by atoms with van der Waals surface area (Å²) >= 11 is 0. The molecule has 0 unspecified atom stereocenters. The van der Waals surface area contributed by atoms with E-state index in [1.165, 1.54) is 6.20 Å². The summed E-state index contributed by atoms with van der Waals surface area (Å²) in [6.45, 7) is 0. The maximum absolute atomic E-state index is 15.8. The number of imidazole rings is 1. The number of carbonyl (C=O) groups is 1. The average molecular weight is 449 g/mol. The van der Waals surface area contributed by atoms with E-state index in [2.05, 4.69) is 35.5 Å². The van der Waals surface area contributed by atoms with Gasteiger partial charge in [0, 0.05) is 29.1 Å². The third kappa shape index (κ3) is 3.36. The summed E-state index contributed by atoms with van der Waals surface area (Å²) in [5.74, 6) is -0.327. The highest BCUT2D eigenvalue weighted by Gasteiger charge is 2.20. The van der Waals surface area contributed by atoms with Gasteiger partial charge in [0.05, 0.1) is 22.8 Å². The largest absolute Gasteiger partial charge is 0.321 e. The molecular weight excluding hydrogens is 433 g/mol. The fourth-order valence-corrected chi connectivity index (χ4v) is 3.87. The Morgan fingerprint density at radius 1 is 1.00 bits per heavy atom.